The molecule has 0 saturated heterocycles. The fourth-order valence-electron chi connectivity index (χ4n) is 2.73. The second kappa shape index (κ2) is 10.2. The van der Waals surface area contributed by atoms with E-state index in [0.29, 0.717) is 13.2 Å². The molecule has 0 bridgehead atoms. The molecule has 0 radical (unpaired) electrons. The van der Waals surface area contributed by atoms with E-state index in [2.05, 4.69) is 76.8 Å². The Balaban J connectivity index is 1.67. The molecule has 28 heavy (non-hydrogen) atoms. The number of aryl methyl sites for hydroxylation is 1. The normalized spacial score (nSPS) is 12.2. The molecule has 0 aliphatic heterocycles. The molecule has 0 heterocycles. The molecular weight excluding hydrogens is 360 g/mol. The first-order valence-electron chi connectivity index (χ1n) is 10.3. The average molecular weight is 397 g/mol. The highest BCUT2D eigenvalue weighted by atomic mass is 28.4. The minimum absolute atomic E-state index is 0.255. The molecule has 2 rings (SSSR count). The van der Waals surface area contributed by atoms with Gasteiger partial charge in [0.15, 0.2) is 8.32 Å². The second-order valence-electron chi connectivity index (χ2n) is 8.87. The fourth-order valence-corrected chi connectivity index (χ4v) is 3.76. The van der Waals surface area contributed by atoms with E-state index < -0.39 is 8.32 Å². The standard InChI is InChI=1S/C25H36O2Si/c1-21(23-12-8-7-9-13-23)24-16-14-22(15-17-24)11-10-18-26-19-20-27-28(5,6)25(2,3)4/h7-9,12-17H,1,10-11,18-20H2,2-6H3. The molecule has 2 nitrogen and oxygen atoms in total. The van der Waals surface area contributed by atoms with E-state index in [9.17, 15) is 0 Å². The molecule has 3 heteroatoms. The van der Waals surface area contributed by atoms with Crippen molar-refractivity contribution in [3.8, 4) is 0 Å². The Hall–Kier alpha value is -1.68. The van der Waals surface area contributed by atoms with Gasteiger partial charge in [0, 0.05) is 6.61 Å². The van der Waals surface area contributed by atoms with Gasteiger partial charge in [0.2, 0.25) is 0 Å². The summed E-state index contributed by atoms with van der Waals surface area (Å²) < 4.78 is 11.9. The summed E-state index contributed by atoms with van der Waals surface area (Å²) in [4.78, 5) is 0. The zero-order chi connectivity index (χ0) is 20.6. The molecule has 0 aromatic heterocycles. The van der Waals surface area contributed by atoms with Crippen LogP contribution >= 0.6 is 0 Å². The molecule has 0 atom stereocenters. The van der Waals surface area contributed by atoms with Gasteiger partial charge in [-0.2, -0.15) is 0 Å². The Bertz CT molecular complexity index is 727. The fraction of sp³-hybridized carbons (Fsp3) is 0.440. The van der Waals surface area contributed by atoms with Gasteiger partial charge in [-0.25, -0.2) is 0 Å². The van der Waals surface area contributed by atoms with Crippen LogP contribution in [0.5, 0.6) is 0 Å². The summed E-state index contributed by atoms with van der Waals surface area (Å²) in [6.07, 6.45) is 2.06. The Kier molecular flexibility index (Phi) is 8.23. The molecule has 2 aromatic carbocycles. The van der Waals surface area contributed by atoms with Gasteiger partial charge < -0.3 is 9.16 Å². The van der Waals surface area contributed by atoms with E-state index in [1.165, 1.54) is 16.7 Å². The van der Waals surface area contributed by atoms with Gasteiger partial charge in [0.1, 0.15) is 0 Å². The molecular formula is C25H36O2Si. The first-order chi connectivity index (χ1) is 13.2. The molecule has 0 fully saturated rings. The van der Waals surface area contributed by atoms with Crippen LogP contribution in [-0.4, -0.2) is 28.1 Å². The van der Waals surface area contributed by atoms with Gasteiger partial charge >= 0.3 is 0 Å². The van der Waals surface area contributed by atoms with Gasteiger partial charge in [-0.1, -0.05) is 81.9 Å². The van der Waals surface area contributed by atoms with Crippen LogP contribution in [0.2, 0.25) is 18.1 Å². The zero-order valence-electron chi connectivity index (χ0n) is 18.3. The molecule has 2 aromatic rings. The minimum atomic E-state index is -1.65. The van der Waals surface area contributed by atoms with Crippen molar-refractivity contribution in [1.82, 2.24) is 0 Å². The Morgan fingerprint density at radius 1 is 0.857 bits per heavy atom. The van der Waals surface area contributed by atoms with Crippen molar-refractivity contribution in [3.63, 3.8) is 0 Å². The summed E-state index contributed by atoms with van der Waals surface area (Å²) in [6, 6.07) is 19.1. The van der Waals surface area contributed by atoms with Gasteiger partial charge in [0.25, 0.3) is 0 Å². The molecule has 0 aliphatic carbocycles. The van der Waals surface area contributed by atoms with E-state index in [1.807, 2.05) is 18.2 Å². The van der Waals surface area contributed by atoms with Crippen LogP contribution in [0.3, 0.4) is 0 Å². The Labute approximate surface area is 172 Å². The number of rotatable bonds is 10. The molecule has 0 aliphatic rings. The van der Waals surface area contributed by atoms with Crippen LogP contribution in [0.15, 0.2) is 61.2 Å². The molecule has 152 valence electrons. The number of ether oxygens (including phenoxy) is 1. The summed E-state index contributed by atoms with van der Waals surface area (Å²) in [5, 5.41) is 0.255. The third-order valence-corrected chi connectivity index (χ3v) is 10.2. The number of hydrogen-bond donors (Lipinski definition) is 0. The van der Waals surface area contributed by atoms with E-state index in [4.69, 9.17) is 9.16 Å². The van der Waals surface area contributed by atoms with Crippen molar-refractivity contribution in [2.45, 2.75) is 51.7 Å². The first-order valence-corrected chi connectivity index (χ1v) is 13.2. The molecule has 0 N–H and O–H groups in total. The molecule has 0 spiro atoms. The van der Waals surface area contributed by atoms with E-state index in [0.717, 1.165) is 25.0 Å². The maximum atomic E-state index is 6.14. The third-order valence-electron chi connectivity index (χ3n) is 5.68. The third kappa shape index (κ3) is 6.73. The first kappa shape index (κ1) is 22.6. The predicted octanol–water partition coefficient (Wildman–Crippen LogP) is 6.72. The monoisotopic (exact) mass is 396 g/mol. The summed E-state index contributed by atoms with van der Waals surface area (Å²) >= 11 is 0. The highest BCUT2D eigenvalue weighted by Crippen LogP contribution is 2.36. The van der Waals surface area contributed by atoms with Gasteiger partial charge in [0.05, 0.1) is 13.2 Å². The largest absolute Gasteiger partial charge is 0.414 e. The lowest BCUT2D eigenvalue weighted by Crippen LogP contribution is -2.41. The average Bonchev–Trinajstić information content (AvgIpc) is 2.67. The van der Waals surface area contributed by atoms with Crippen molar-refractivity contribution < 1.29 is 9.16 Å². The van der Waals surface area contributed by atoms with Crippen LogP contribution in [0.1, 0.15) is 43.9 Å². The van der Waals surface area contributed by atoms with E-state index >= 15 is 0 Å². The minimum Gasteiger partial charge on any atom is -0.414 e. The molecule has 0 unspecified atom stereocenters. The van der Waals surface area contributed by atoms with Gasteiger partial charge in [-0.05, 0) is 53.2 Å². The lowest BCUT2D eigenvalue weighted by atomic mass is 9.98. The summed E-state index contributed by atoms with van der Waals surface area (Å²) in [7, 11) is -1.65. The summed E-state index contributed by atoms with van der Waals surface area (Å²) in [6.45, 7) is 17.7. The number of hydrogen-bond acceptors (Lipinski definition) is 2. The quantitative estimate of drug-likeness (QED) is 0.328. The van der Waals surface area contributed by atoms with E-state index in [1.54, 1.807) is 0 Å². The van der Waals surface area contributed by atoms with Crippen molar-refractivity contribution >= 4 is 13.9 Å². The zero-order valence-corrected chi connectivity index (χ0v) is 19.3. The van der Waals surface area contributed by atoms with Crippen molar-refractivity contribution in [3.05, 3.63) is 77.9 Å². The topological polar surface area (TPSA) is 18.5 Å². The van der Waals surface area contributed by atoms with Crippen LogP contribution in [-0.2, 0) is 15.6 Å². The molecule has 0 amide bonds. The maximum absolute atomic E-state index is 6.14. The summed E-state index contributed by atoms with van der Waals surface area (Å²) in [5.74, 6) is 0. The molecule has 0 saturated carbocycles. The predicted molar refractivity (Wildman–Crippen MR) is 123 cm³/mol. The Morgan fingerprint density at radius 2 is 1.46 bits per heavy atom. The second-order valence-corrected chi connectivity index (χ2v) is 13.7. The highest BCUT2D eigenvalue weighted by Gasteiger charge is 2.36. The van der Waals surface area contributed by atoms with Crippen LogP contribution in [0, 0.1) is 0 Å². The van der Waals surface area contributed by atoms with Crippen LogP contribution in [0.25, 0.3) is 5.57 Å². The lowest BCUT2D eigenvalue weighted by molar-refractivity contribution is 0.0939. The van der Waals surface area contributed by atoms with E-state index in [-0.39, 0.29) is 5.04 Å². The smallest absolute Gasteiger partial charge is 0.192 e. The SMILES string of the molecule is C=C(c1ccccc1)c1ccc(CCCOCCO[Si](C)(C)C(C)(C)C)cc1. The van der Waals surface area contributed by atoms with Crippen molar-refractivity contribution in [2.24, 2.45) is 0 Å². The summed E-state index contributed by atoms with van der Waals surface area (Å²) in [5.41, 5.74) is 4.75. The number of benzene rings is 2. The van der Waals surface area contributed by atoms with Crippen molar-refractivity contribution in [2.75, 3.05) is 19.8 Å². The van der Waals surface area contributed by atoms with Gasteiger partial charge in [-0.3, -0.25) is 0 Å². The van der Waals surface area contributed by atoms with Crippen molar-refractivity contribution in [1.29, 1.82) is 0 Å². The van der Waals surface area contributed by atoms with Gasteiger partial charge in [-0.15, -0.1) is 0 Å². The van der Waals surface area contributed by atoms with Crippen LogP contribution < -0.4 is 0 Å². The lowest BCUT2D eigenvalue weighted by Gasteiger charge is -2.36. The van der Waals surface area contributed by atoms with Crippen LogP contribution in [0.4, 0.5) is 0 Å². The highest BCUT2D eigenvalue weighted by molar-refractivity contribution is 6.74. The maximum Gasteiger partial charge on any atom is 0.192 e. The Morgan fingerprint density at radius 3 is 2.07 bits per heavy atom.